The number of benzene rings is 1. The van der Waals surface area contributed by atoms with E-state index in [1.165, 1.54) is 6.07 Å². The molecule has 1 saturated heterocycles. The zero-order chi connectivity index (χ0) is 12.3. The second kappa shape index (κ2) is 5.46. The molecule has 1 aliphatic heterocycles. The lowest BCUT2D eigenvalue weighted by molar-refractivity contribution is -0.117. The Kier molecular flexibility index (Phi) is 3.96. The van der Waals surface area contributed by atoms with Crippen LogP contribution < -0.4 is 10.6 Å². The summed E-state index contributed by atoms with van der Waals surface area (Å²) < 4.78 is 26.0. The molecule has 92 valence electrons. The molecular formula is C11H12F2N2OS. The fourth-order valence-corrected chi connectivity index (χ4v) is 2.48. The van der Waals surface area contributed by atoms with Gasteiger partial charge in [0.25, 0.3) is 0 Å². The predicted molar refractivity (Wildman–Crippen MR) is 64.1 cm³/mol. The van der Waals surface area contributed by atoms with Crippen LogP contribution in [0.2, 0.25) is 0 Å². The van der Waals surface area contributed by atoms with Gasteiger partial charge >= 0.3 is 0 Å². The molecule has 1 atom stereocenters. The van der Waals surface area contributed by atoms with Crippen molar-refractivity contribution in [3.8, 4) is 0 Å². The van der Waals surface area contributed by atoms with Crippen LogP contribution in [-0.2, 0) is 4.79 Å². The molecule has 1 amide bonds. The van der Waals surface area contributed by atoms with E-state index in [9.17, 15) is 13.6 Å². The van der Waals surface area contributed by atoms with Gasteiger partial charge in [-0.2, -0.15) is 11.8 Å². The summed E-state index contributed by atoms with van der Waals surface area (Å²) in [7, 11) is 0. The molecule has 1 aromatic rings. The quantitative estimate of drug-likeness (QED) is 0.846. The van der Waals surface area contributed by atoms with Crippen molar-refractivity contribution >= 4 is 23.4 Å². The standard InChI is InChI=1S/C11H12F2N2OS/c12-7-1-2-9(8(13)5-7)15-11(16)10-6-17-4-3-14-10/h1-2,5,10,14H,3-4,6H2,(H,15,16). The molecule has 0 radical (unpaired) electrons. The van der Waals surface area contributed by atoms with Crippen molar-refractivity contribution in [3.63, 3.8) is 0 Å². The highest BCUT2D eigenvalue weighted by Crippen LogP contribution is 2.16. The maximum Gasteiger partial charge on any atom is 0.242 e. The van der Waals surface area contributed by atoms with Gasteiger partial charge in [0, 0.05) is 24.1 Å². The molecule has 0 spiro atoms. The van der Waals surface area contributed by atoms with Crippen LogP contribution in [0.3, 0.4) is 0 Å². The first-order valence-corrected chi connectivity index (χ1v) is 6.39. The third kappa shape index (κ3) is 3.17. The second-order valence-corrected chi connectivity index (χ2v) is 4.84. The molecule has 0 aromatic heterocycles. The number of nitrogens with one attached hydrogen (secondary N) is 2. The van der Waals surface area contributed by atoms with Crippen LogP contribution in [0.1, 0.15) is 0 Å². The number of thioether (sulfide) groups is 1. The topological polar surface area (TPSA) is 41.1 Å². The lowest BCUT2D eigenvalue weighted by atomic mass is 10.2. The maximum atomic E-state index is 13.3. The Labute approximate surface area is 102 Å². The van der Waals surface area contributed by atoms with E-state index < -0.39 is 11.6 Å². The van der Waals surface area contributed by atoms with Gasteiger partial charge in [0.15, 0.2) is 0 Å². The lowest BCUT2D eigenvalue weighted by Gasteiger charge is -2.22. The van der Waals surface area contributed by atoms with Crippen molar-refractivity contribution in [1.29, 1.82) is 0 Å². The van der Waals surface area contributed by atoms with Crippen LogP contribution in [-0.4, -0.2) is 30.0 Å². The van der Waals surface area contributed by atoms with E-state index in [0.717, 1.165) is 24.4 Å². The van der Waals surface area contributed by atoms with E-state index in [2.05, 4.69) is 10.6 Å². The second-order valence-electron chi connectivity index (χ2n) is 3.70. The molecule has 1 heterocycles. The average molecular weight is 258 g/mol. The zero-order valence-electron chi connectivity index (χ0n) is 9.00. The minimum Gasteiger partial charge on any atom is -0.322 e. The average Bonchev–Trinajstić information content (AvgIpc) is 2.34. The minimum atomic E-state index is -0.762. The number of anilines is 1. The van der Waals surface area contributed by atoms with E-state index in [1.54, 1.807) is 11.8 Å². The van der Waals surface area contributed by atoms with Gasteiger partial charge in [-0.05, 0) is 12.1 Å². The van der Waals surface area contributed by atoms with Crippen molar-refractivity contribution in [2.45, 2.75) is 6.04 Å². The number of amides is 1. The van der Waals surface area contributed by atoms with Crippen molar-refractivity contribution < 1.29 is 13.6 Å². The van der Waals surface area contributed by atoms with Gasteiger partial charge in [-0.1, -0.05) is 0 Å². The van der Waals surface area contributed by atoms with Gasteiger partial charge < -0.3 is 10.6 Å². The Morgan fingerprint density at radius 3 is 2.94 bits per heavy atom. The summed E-state index contributed by atoms with van der Waals surface area (Å²) in [6, 6.07) is 2.76. The number of hydrogen-bond donors (Lipinski definition) is 2. The molecule has 0 saturated carbocycles. The van der Waals surface area contributed by atoms with Crippen LogP contribution in [0.25, 0.3) is 0 Å². The zero-order valence-corrected chi connectivity index (χ0v) is 9.82. The van der Waals surface area contributed by atoms with E-state index in [0.29, 0.717) is 5.75 Å². The van der Waals surface area contributed by atoms with Crippen molar-refractivity contribution in [2.24, 2.45) is 0 Å². The van der Waals surface area contributed by atoms with E-state index in [1.807, 2.05) is 0 Å². The first-order valence-electron chi connectivity index (χ1n) is 5.24. The third-order valence-corrected chi connectivity index (χ3v) is 3.49. The highest BCUT2D eigenvalue weighted by molar-refractivity contribution is 7.99. The Bertz CT molecular complexity index is 422. The fourth-order valence-electron chi connectivity index (χ4n) is 1.54. The lowest BCUT2D eigenvalue weighted by Crippen LogP contribution is -2.46. The number of rotatable bonds is 2. The molecule has 6 heteroatoms. The SMILES string of the molecule is O=C(Nc1ccc(F)cc1F)C1CSCCN1. The highest BCUT2D eigenvalue weighted by Gasteiger charge is 2.21. The first kappa shape index (κ1) is 12.3. The summed E-state index contributed by atoms with van der Waals surface area (Å²) in [5, 5.41) is 5.49. The van der Waals surface area contributed by atoms with Crippen molar-refractivity contribution in [1.82, 2.24) is 5.32 Å². The van der Waals surface area contributed by atoms with Crippen LogP contribution in [0, 0.1) is 11.6 Å². The Morgan fingerprint density at radius 2 is 2.29 bits per heavy atom. The summed E-state index contributed by atoms with van der Waals surface area (Å²) >= 11 is 1.67. The van der Waals surface area contributed by atoms with Crippen molar-refractivity contribution in [3.05, 3.63) is 29.8 Å². The van der Waals surface area contributed by atoms with Crippen LogP contribution in [0.15, 0.2) is 18.2 Å². The molecule has 1 fully saturated rings. The van der Waals surface area contributed by atoms with Gasteiger partial charge in [0.05, 0.1) is 11.7 Å². The number of hydrogen-bond acceptors (Lipinski definition) is 3. The first-order chi connectivity index (χ1) is 8.16. The summed E-state index contributed by atoms with van der Waals surface area (Å²) in [5.41, 5.74) is 0.00812. The molecule has 2 rings (SSSR count). The van der Waals surface area contributed by atoms with E-state index in [4.69, 9.17) is 0 Å². The molecular weight excluding hydrogens is 246 g/mol. The third-order valence-electron chi connectivity index (χ3n) is 2.43. The van der Waals surface area contributed by atoms with Crippen molar-refractivity contribution in [2.75, 3.05) is 23.4 Å². The van der Waals surface area contributed by atoms with Crippen LogP contribution in [0.4, 0.5) is 14.5 Å². The Morgan fingerprint density at radius 1 is 1.47 bits per heavy atom. The number of carbonyl (C=O) groups excluding carboxylic acids is 1. The van der Waals surface area contributed by atoms with Gasteiger partial charge in [0.1, 0.15) is 11.6 Å². The predicted octanol–water partition coefficient (Wildman–Crippen LogP) is 1.61. The van der Waals surface area contributed by atoms with Gasteiger partial charge in [0.2, 0.25) is 5.91 Å². The van der Waals surface area contributed by atoms with Crippen LogP contribution >= 0.6 is 11.8 Å². The normalized spacial score (nSPS) is 20.0. The van der Waals surface area contributed by atoms with E-state index in [-0.39, 0.29) is 17.6 Å². The molecule has 1 aliphatic rings. The fraction of sp³-hybridized carbons (Fsp3) is 0.364. The van der Waals surface area contributed by atoms with Gasteiger partial charge in [-0.3, -0.25) is 4.79 Å². The number of halogens is 2. The largest absolute Gasteiger partial charge is 0.322 e. The summed E-state index contributed by atoms with van der Waals surface area (Å²) in [4.78, 5) is 11.8. The monoisotopic (exact) mass is 258 g/mol. The summed E-state index contributed by atoms with van der Waals surface area (Å²) in [6.07, 6.45) is 0. The minimum absolute atomic E-state index is 0.00812. The Balaban J connectivity index is 2.02. The maximum absolute atomic E-state index is 13.3. The molecule has 1 unspecified atom stereocenters. The summed E-state index contributed by atoms with van der Waals surface area (Å²) in [6.45, 7) is 0.759. The number of carbonyl (C=O) groups is 1. The molecule has 17 heavy (non-hydrogen) atoms. The van der Waals surface area contributed by atoms with Gasteiger partial charge in [-0.15, -0.1) is 0 Å². The molecule has 2 N–H and O–H groups in total. The van der Waals surface area contributed by atoms with E-state index >= 15 is 0 Å². The molecule has 3 nitrogen and oxygen atoms in total. The highest BCUT2D eigenvalue weighted by atomic mass is 32.2. The van der Waals surface area contributed by atoms with Crippen LogP contribution in [0.5, 0.6) is 0 Å². The Hall–Kier alpha value is -1.14. The molecule has 0 aliphatic carbocycles. The van der Waals surface area contributed by atoms with Gasteiger partial charge in [-0.25, -0.2) is 8.78 Å². The molecule has 1 aromatic carbocycles. The summed E-state index contributed by atoms with van der Waals surface area (Å²) in [5.74, 6) is -0.0834. The smallest absolute Gasteiger partial charge is 0.242 e. The molecule has 0 bridgehead atoms.